The lowest BCUT2D eigenvalue weighted by atomic mass is 10.2. The Morgan fingerprint density at radius 3 is 2.81 bits per heavy atom. The van der Waals surface area contributed by atoms with Crippen LogP contribution >= 0.6 is 0 Å². The molecule has 7 heteroatoms. The second-order valence-electron chi connectivity index (χ2n) is 3.10. The molecule has 0 unspecified atom stereocenters. The highest BCUT2D eigenvalue weighted by Gasteiger charge is 2.16. The van der Waals surface area contributed by atoms with Gasteiger partial charge in [-0.3, -0.25) is 0 Å². The molecule has 0 aliphatic heterocycles. The zero-order valence-electron chi connectivity index (χ0n) is 9.09. The van der Waals surface area contributed by atoms with Crippen LogP contribution in [0.25, 0.3) is 0 Å². The standard InChI is InChI=1S/C9H15N3O4/c1-2-7-8(9(14)15)10-11-12(7)3-5-16-6-4-13/h13H,2-6H2,1H3,(H,14,15). The summed E-state index contributed by atoms with van der Waals surface area (Å²) in [5.74, 6) is -1.07. The average molecular weight is 229 g/mol. The lowest BCUT2D eigenvalue weighted by molar-refractivity contribution is 0.0688. The van der Waals surface area contributed by atoms with Crippen molar-refractivity contribution < 1.29 is 19.7 Å². The lowest BCUT2D eigenvalue weighted by Gasteiger charge is -2.05. The summed E-state index contributed by atoms with van der Waals surface area (Å²) < 4.78 is 6.58. The van der Waals surface area contributed by atoms with Crippen LogP contribution in [0.3, 0.4) is 0 Å². The van der Waals surface area contributed by atoms with Crippen LogP contribution in [-0.4, -0.2) is 51.0 Å². The van der Waals surface area contributed by atoms with Gasteiger partial charge in [-0.1, -0.05) is 12.1 Å². The molecule has 1 rings (SSSR count). The van der Waals surface area contributed by atoms with E-state index in [0.29, 0.717) is 25.3 Å². The summed E-state index contributed by atoms with van der Waals surface area (Å²) in [7, 11) is 0. The molecule has 0 atom stereocenters. The third-order valence-corrected chi connectivity index (χ3v) is 2.06. The first kappa shape index (κ1) is 12.6. The summed E-state index contributed by atoms with van der Waals surface area (Å²) in [6.07, 6.45) is 0.550. The molecule has 1 aromatic heterocycles. The van der Waals surface area contributed by atoms with E-state index in [2.05, 4.69) is 10.3 Å². The maximum Gasteiger partial charge on any atom is 0.358 e. The van der Waals surface area contributed by atoms with Gasteiger partial charge in [-0.05, 0) is 6.42 Å². The van der Waals surface area contributed by atoms with Crippen molar-refractivity contribution in [2.24, 2.45) is 0 Å². The Morgan fingerprint density at radius 2 is 2.25 bits per heavy atom. The van der Waals surface area contributed by atoms with Gasteiger partial charge in [-0.15, -0.1) is 5.10 Å². The van der Waals surface area contributed by atoms with Crippen LogP contribution in [0, 0.1) is 0 Å². The topological polar surface area (TPSA) is 97.5 Å². The van der Waals surface area contributed by atoms with Gasteiger partial charge in [-0.2, -0.15) is 0 Å². The Bertz CT molecular complexity index is 351. The van der Waals surface area contributed by atoms with Crippen LogP contribution in [0.2, 0.25) is 0 Å². The van der Waals surface area contributed by atoms with Crippen LogP contribution in [0.5, 0.6) is 0 Å². The van der Waals surface area contributed by atoms with Crippen molar-refractivity contribution in [3.05, 3.63) is 11.4 Å². The molecule has 0 radical (unpaired) electrons. The summed E-state index contributed by atoms with van der Waals surface area (Å²) in [6, 6.07) is 0. The monoisotopic (exact) mass is 229 g/mol. The Kier molecular flexibility index (Phi) is 4.87. The second-order valence-corrected chi connectivity index (χ2v) is 3.10. The van der Waals surface area contributed by atoms with Gasteiger partial charge in [-0.25, -0.2) is 9.48 Å². The van der Waals surface area contributed by atoms with E-state index in [0.717, 1.165) is 0 Å². The van der Waals surface area contributed by atoms with Crippen molar-refractivity contribution in [2.75, 3.05) is 19.8 Å². The maximum absolute atomic E-state index is 10.8. The first-order valence-electron chi connectivity index (χ1n) is 5.05. The molecule has 1 heterocycles. The zero-order valence-corrected chi connectivity index (χ0v) is 9.09. The molecule has 0 saturated carbocycles. The van der Waals surface area contributed by atoms with Gasteiger partial charge in [0.05, 0.1) is 32.1 Å². The van der Waals surface area contributed by atoms with E-state index in [1.807, 2.05) is 6.92 Å². The molecule has 0 spiro atoms. The summed E-state index contributed by atoms with van der Waals surface area (Å²) in [6.45, 7) is 2.88. The van der Waals surface area contributed by atoms with Gasteiger partial charge in [0.1, 0.15) is 0 Å². The molecule has 0 aliphatic rings. The number of aliphatic hydroxyl groups is 1. The summed E-state index contributed by atoms with van der Waals surface area (Å²) in [5.41, 5.74) is 0.574. The third kappa shape index (κ3) is 3.01. The molecule has 2 N–H and O–H groups in total. The molecule has 90 valence electrons. The molecular formula is C9H15N3O4. The number of carbonyl (C=O) groups is 1. The minimum Gasteiger partial charge on any atom is -0.476 e. The largest absolute Gasteiger partial charge is 0.476 e. The fourth-order valence-corrected chi connectivity index (χ4v) is 1.35. The number of ether oxygens (including phenoxy) is 1. The van der Waals surface area contributed by atoms with Crippen LogP contribution in [0.1, 0.15) is 23.1 Å². The number of hydrogen-bond acceptors (Lipinski definition) is 5. The first-order chi connectivity index (χ1) is 7.70. The van der Waals surface area contributed by atoms with Crippen LogP contribution in [-0.2, 0) is 17.7 Å². The smallest absolute Gasteiger partial charge is 0.358 e. The average Bonchev–Trinajstić information content (AvgIpc) is 2.67. The Morgan fingerprint density at radius 1 is 1.50 bits per heavy atom. The number of carboxylic acid groups (broad SMARTS) is 1. The molecule has 16 heavy (non-hydrogen) atoms. The van der Waals surface area contributed by atoms with Crippen molar-refractivity contribution >= 4 is 5.97 Å². The summed E-state index contributed by atoms with van der Waals surface area (Å²) in [4.78, 5) is 10.8. The molecule has 0 aliphatic carbocycles. The minimum absolute atomic E-state index is 0.00958. The fourth-order valence-electron chi connectivity index (χ4n) is 1.35. The van der Waals surface area contributed by atoms with Gasteiger partial charge in [0.15, 0.2) is 5.69 Å². The Balaban J connectivity index is 2.62. The van der Waals surface area contributed by atoms with E-state index in [1.54, 1.807) is 0 Å². The lowest BCUT2D eigenvalue weighted by Crippen LogP contribution is -2.13. The number of rotatable bonds is 7. The van der Waals surface area contributed by atoms with Gasteiger partial charge in [0.25, 0.3) is 0 Å². The molecule has 0 fully saturated rings. The third-order valence-electron chi connectivity index (χ3n) is 2.06. The van der Waals surface area contributed by atoms with Crippen molar-refractivity contribution in [1.82, 2.24) is 15.0 Å². The summed E-state index contributed by atoms with van der Waals surface area (Å²) in [5, 5.41) is 24.7. The normalized spacial score (nSPS) is 10.6. The fraction of sp³-hybridized carbons (Fsp3) is 0.667. The van der Waals surface area contributed by atoms with Gasteiger partial charge >= 0.3 is 5.97 Å². The second kappa shape index (κ2) is 6.19. The molecule has 7 nitrogen and oxygen atoms in total. The van der Waals surface area contributed by atoms with Gasteiger partial charge in [0.2, 0.25) is 0 Å². The van der Waals surface area contributed by atoms with Crippen molar-refractivity contribution in [2.45, 2.75) is 19.9 Å². The highest BCUT2D eigenvalue weighted by molar-refractivity contribution is 5.86. The minimum atomic E-state index is -1.07. The van der Waals surface area contributed by atoms with E-state index >= 15 is 0 Å². The van der Waals surface area contributed by atoms with Gasteiger partial charge in [0, 0.05) is 0 Å². The maximum atomic E-state index is 10.8. The quantitative estimate of drug-likeness (QED) is 0.614. The van der Waals surface area contributed by atoms with Crippen molar-refractivity contribution in [3.8, 4) is 0 Å². The molecular weight excluding hydrogens is 214 g/mol. The number of nitrogens with zero attached hydrogens (tertiary/aromatic N) is 3. The first-order valence-corrected chi connectivity index (χ1v) is 5.05. The van der Waals surface area contributed by atoms with E-state index in [4.69, 9.17) is 14.9 Å². The van der Waals surface area contributed by atoms with Crippen LogP contribution in [0.4, 0.5) is 0 Å². The van der Waals surface area contributed by atoms with E-state index in [1.165, 1.54) is 4.68 Å². The summed E-state index contributed by atoms with van der Waals surface area (Å²) >= 11 is 0. The molecule has 0 bridgehead atoms. The van der Waals surface area contributed by atoms with E-state index in [9.17, 15) is 4.79 Å². The molecule has 0 saturated heterocycles. The molecule has 0 aromatic carbocycles. The van der Waals surface area contributed by atoms with Crippen LogP contribution in [0.15, 0.2) is 0 Å². The zero-order chi connectivity index (χ0) is 12.0. The predicted molar refractivity (Wildman–Crippen MR) is 54.3 cm³/mol. The highest BCUT2D eigenvalue weighted by atomic mass is 16.5. The van der Waals surface area contributed by atoms with E-state index < -0.39 is 5.97 Å². The number of aromatic nitrogens is 3. The Hall–Kier alpha value is -1.47. The number of carboxylic acids is 1. The molecule has 0 amide bonds. The Labute approximate surface area is 92.6 Å². The number of aliphatic hydroxyl groups excluding tert-OH is 1. The SMILES string of the molecule is CCc1c(C(=O)O)nnn1CCOCCO. The molecule has 1 aromatic rings. The van der Waals surface area contributed by atoms with Crippen molar-refractivity contribution in [1.29, 1.82) is 0 Å². The number of hydrogen-bond donors (Lipinski definition) is 2. The highest BCUT2D eigenvalue weighted by Crippen LogP contribution is 2.06. The van der Waals surface area contributed by atoms with Crippen molar-refractivity contribution in [3.63, 3.8) is 0 Å². The predicted octanol–water partition coefficient (Wildman–Crippen LogP) is -0.452. The number of aromatic carboxylic acids is 1. The van der Waals surface area contributed by atoms with Gasteiger partial charge < -0.3 is 14.9 Å². The van der Waals surface area contributed by atoms with Crippen LogP contribution < -0.4 is 0 Å². The van der Waals surface area contributed by atoms with E-state index in [-0.39, 0.29) is 18.9 Å².